The molecule has 1 rings (SSSR count). The monoisotopic (exact) mass is 279 g/mol. The molecule has 0 aromatic carbocycles. The number of carbonyl (C=O) groups is 1. The van der Waals surface area contributed by atoms with Crippen LogP contribution < -0.4 is 15.4 Å². The molecule has 96 valence electrons. The Labute approximate surface area is 103 Å². The van der Waals surface area contributed by atoms with Crippen LogP contribution in [0.15, 0.2) is 4.34 Å². The molecule has 0 spiro atoms. The van der Waals surface area contributed by atoms with Crippen molar-refractivity contribution in [2.75, 3.05) is 12.4 Å². The van der Waals surface area contributed by atoms with Crippen molar-refractivity contribution in [3.63, 3.8) is 0 Å². The highest BCUT2D eigenvalue weighted by Gasteiger charge is 2.21. The zero-order chi connectivity index (χ0) is 13.1. The molecular formula is C7H13N5O3S2. The molecular weight excluding hydrogens is 266 g/mol. The van der Waals surface area contributed by atoms with Crippen LogP contribution in [0.1, 0.15) is 13.8 Å². The van der Waals surface area contributed by atoms with Crippen LogP contribution in [0.5, 0.6) is 0 Å². The van der Waals surface area contributed by atoms with E-state index in [0.717, 1.165) is 11.3 Å². The summed E-state index contributed by atoms with van der Waals surface area (Å²) in [6.45, 7) is 3.39. The van der Waals surface area contributed by atoms with Gasteiger partial charge < -0.3 is 5.32 Å². The number of nitrogens with one attached hydrogen (secondary N) is 3. The van der Waals surface area contributed by atoms with E-state index in [1.54, 1.807) is 13.8 Å². The second-order valence-corrected chi connectivity index (χ2v) is 6.22. The van der Waals surface area contributed by atoms with Gasteiger partial charge in [-0.2, -0.15) is 0 Å². The molecule has 8 nitrogen and oxygen atoms in total. The molecule has 0 fully saturated rings. The highest BCUT2D eigenvalue weighted by atomic mass is 32.2. The van der Waals surface area contributed by atoms with Gasteiger partial charge in [0.25, 0.3) is 10.0 Å². The first kappa shape index (κ1) is 13.8. The SMILES string of the molecule is CNC(=O)Nc1nnc(S(=O)(=O)NC(C)C)s1. The molecule has 0 atom stereocenters. The van der Waals surface area contributed by atoms with E-state index in [1.165, 1.54) is 7.05 Å². The van der Waals surface area contributed by atoms with E-state index >= 15 is 0 Å². The first-order valence-corrected chi connectivity index (χ1v) is 6.99. The van der Waals surface area contributed by atoms with Crippen LogP contribution in [0.2, 0.25) is 0 Å². The first-order chi connectivity index (χ1) is 7.85. The molecule has 0 unspecified atom stereocenters. The Bertz CT molecular complexity index is 495. The van der Waals surface area contributed by atoms with Crippen LogP contribution in [0, 0.1) is 0 Å². The van der Waals surface area contributed by atoms with Crippen molar-refractivity contribution in [3.8, 4) is 0 Å². The summed E-state index contributed by atoms with van der Waals surface area (Å²) in [5.41, 5.74) is 0. The molecule has 1 heterocycles. The molecule has 0 aliphatic carbocycles. The van der Waals surface area contributed by atoms with Gasteiger partial charge in [-0.3, -0.25) is 5.32 Å². The molecule has 0 radical (unpaired) electrons. The Kier molecular flexibility index (Phi) is 4.37. The third-order valence-electron chi connectivity index (χ3n) is 1.47. The molecule has 0 saturated carbocycles. The number of anilines is 1. The number of hydrogen-bond acceptors (Lipinski definition) is 6. The van der Waals surface area contributed by atoms with E-state index < -0.39 is 16.1 Å². The third-order valence-corrected chi connectivity index (χ3v) is 4.34. The standard InChI is InChI=1S/C7H13N5O3S2/c1-4(2)12-17(14,15)7-11-10-6(16-7)9-5(13)8-3/h4,12H,1-3H3,(H2,8,9,10,13). The lowest BCUT2D eigenvalue weighted by atomic mass is 10.4. The Balaban J connectivity index is 2.84. The van der Waals surface area contributed by atoms with Gasteiger partial charge in [0.1, 0.15) is 0 Å². The highest BCUT2D eigenvalue weighted by Crippen LogP contribution is 2.19. The number of rotatable bonds is 4. The summed E-state index contributed by atoms with van der Waals surface area (Å²) in [6.07, 6.45) is 0. The molecule has 0 saturated heterocycles. The Morgan fingerprint density at radius 1 is 1.35 bits per heavy atom. The Hall–Kier alpha value is -1.26. The maximum atomic E-state index is 11.7. The lowest BCUT2D eigenvalue weighted by Gasteiger charge is -2.05. The fourth-order valence-electron chi connectivity index (χ4n) is 0.889. The highest BCUT2D eigenvalue weighted by molar-refractivity contribution is 7.91. The quantitative estimate of drug-likeness (QED) is 0.670. The predicted octanol–water partition coefficient (Wildman–Crippen LogP) is -0.0239. The second kappa shape index (κ2) is 5.38. The summed E-state index contributed by atoms with van der Waals surface area (Å²) >= 11 is 0.781. The zero-order valence-corrected chi connectivity index (χ0v) is 11.1. The molecule has 3 N–H and O–H groups in total. The maximum absolute atomic E-state index is 11.7. The smallest absolute Gasteiger partial charge is 0.320 e. The summed E-state index contributed by atoms with van der Waals surface area (Å²) in [6, 6.07) is -0.721. The summed E-state index contributed by atoms with van der Waals surface area (Å²) < 4.78 is 25.5. The fourth-order valence-corrected chi connectivity index (χ4v) is 3.05. The summed E-state index contributed by atoms with van der Waals surface area (Å²) in [4.78, 5) is 11.0. The van der Waals surface area contributed by atoms with Gasteiger partial charge in [0.05, 0.1) is 0 Å². The van der Waals surface area contributed by atoms with Crippen LogP contribution in [0.3, 0.4) is 0 Å². The molecule has 0 aliphatic rings. The predicted molar refractivity (Wildman–Crippen MR) is 63.4 cm³/mol. The largest absolute Gasteiger partial charge is 0.341 e. The van der Waals surface area contributed by atoms with Crippen LogP contribution >= 0.6 is 11.3 Å². The second-order valence-electron chi connectivity index (χ2n) is 3.35. The maximum Gasteiger partial charge on any atom is 0.320 e. The van der Waals surface area contributed by atoms with Gasteiger partial charge in [0.2, 0.25) is 9.47 Å². The number of nitrogens with zero attached hydrogens (tertiary/aromatic N) is 2. The summed E-state index contributed by atoms with van der Waals surface area (Å²) in [5, 5.41) is 11.8. The topological polar surface area (TPSA) is 113 Å². The molecule has 0 bridgehead atoms. The van der Waals surface area contributed by atoms with Gasteiger partial charge in [0, 0.05) is 13.1 Å². The molecule has 2 amide bonds. The minimum atomic E-state index is -3.66. The van der Waals surface area contributed by atoms with Crippen molar-refractivity contribution in [1.29, 1.82) is 0 Å². The number of hydrogen-bond donors (Lipinski definition) is 3. The van der Waals surface area contributed by atoms with Crippen molar-refractivity contribution in [1.82, 2.24) is 20.2 Å². The zero-order valence-electron chi connectivity index (χ0n) is 9.51. The van der Waals surface area contributed by atoms with Crippen LogP contribution in [-0.2, 0) is 10.0 Å². The Morgan fingerprint density at radius 3 is 2.53 bits per heavy atom. The minimum Gasteiger partial charge on any atom is -0.341 e. The average Bonchev–Trinajstić information content (AvgIpc) is 2.64. The molecule has 0 aliphatic heterocycles. The summed E-state index contributed by atoms with van der Waals surface area (Å²) in [5.74, 6) is 0. The van der Waals surface area contributed by atoms with Crippen LogP contribution in [-0.4, -0.2) is 37.7 Å². The van der Waals surface area contributed by atoms with Gasteiger partial charge in [-0.25, -0.2) is 17.9 Å². The first-order valence-electron chi connectivity index (χ1n) is 4.69. The van der Waals surface area contributed by atoms with Crippen molar-refractivity contribution >= 4 is 32.5 Å². The van der Waals surface area contributed by atoms with E-state index in [-0.39, 0.29) is 15.5 Å². The minimum absolute atomic E-state index is 0.119. The Morgan fingerprint density at radius 2 is 2.00 bits per heavy atom. The lowest BCUT2D eigenvalue weighted by molar-refractivity contribution is 0.254. The van der Waals surface area contributed by atoms with Gasteiger partial charge in [0.15, 0.2) is 0 Å². The number of aromatic nitrogens is 2. The molecule has 1 aromatic rings. The molecule has 17 heavy (non-hydrogen) atoms. The van der Waals surface area contributed by atoms with E-state index in [2.05, 4.69) is 25.6 Å². The van der Waals surface area contributed by atoms with E-state index in [9.17, 15) is 13.2 Å². The van der Waals surface area contributed by atoms with Crippen molar-refractivity contribution in [3.05, 3.63) is 0 Å². The number of carbonyl (C=O) groups excluding carboxylic acids is 1. The number of amides is 2. The number of sulfonamides is 1. The summed E-state index contributed by atoms with van der Waals surface area (Å²) in [7, 11) is -2.22. The molecule has 1 aromatic heterocycles. The molecule has 10 heteroatoms. The van der Waals surface area contributed by atoms with Gasteiger partial charge in [-0.1, -0.05) is 11.3 Å². The van der Waals surface area contributed by atoms with Gasteiger partial charge >= 0.3 is 6.03 Å². The van der Waals surface area contributed by atoms with Crippen LogP contribution in [0.25, 0.3) is 0 Å². The van der Waals surface area contributed by atoms with Crippen molar-refractivity contribution < 1.29 is 13.2 Å². The van der Waals surface area contributed by atoms with E-state index in [0.29, 0.717) is 0 Å². The normalized spacial score (nSPS) is 11.5. The van der Waals surface area contributed by atoms with Crippen molar-refractivity contribution in [2.45, 2.75) is 24.2 Å². The van der Waals surface area contributed by atoms with Crippen LogP contribution in [0.4, 0.5) is 9.93 Å². The fraction of sp³-hybridized carbons (Fsp3) is 0.571. The van der Waals surface area contributed by atoms with E-state index in [1.807, 2.05) is 0 Å². The average molecular weight is 279 g/mol. The van der Waals surface area contributed by atoms with Gasteiger partial charge in [-0.15, -0.1) is 10.2 Å². The van der Waals surface area contributed by atoms with Gasteiger partial charge in [-0.05, 0) is 13.8 Å². The third kappa shape index (κ3) is 3.91. The number of urea groups is 1. The van der Waals surface area contributed by atoms with E-state index in [4.69, 9.17) is 0 Å². The lowest BCUT2D eigenvalue weighted by Crippen LogP contribution is -2.30. The van der Waals surface area contributed by atoms with Crippen molar-refractivity contribution in [2.24, 2.45) is 0 Å².